The lowest BCUT2D eigenvalue weighted by molar-refractivity contribution is -0.124. The SMILES string of the molecule is CSCC(C)C(=O)NCc1ccc(N)cc1. The van der Waals surface area contributed by atoms with Gasteiger partial charge in [-0.2, -0.15) is 11.8 Å². The molecule has 88 valence electrons. The smallest absolute Gasteiger partial charge is 0.223 e. The van der Waals surface area contributed by atoms with Crippen LogP contribution in [0.2, 0.25) is 0 Å². The summed E-state index contributed by atoms with van der Waals surface area (Å²) < 4.78 is 0. The predicted octanol–water partition coefficient (Wildman–Crippen LogP) is 1.88. The minimum atomic E-state index is 0.0591. The molecule has 0 saturated heterocycles. The Morgan fingerprint density at radius 1 is 1.44 bits per heavy atom. The highest BCUT2D eigenvalue weighted by atomic mass is 32.2. The Bertz CT molecular complexity index is 337. The van der Waals surface area contributed by atoms with Crippen molar-refractivity contribution >= 4 is 23.4 Å². The number of nitrogen functional groups attached to an aromatic ring is 1. The molecule has 0 heterocycles. The molecule has 3 nitrogen and oxygen atoms in total. The average Bonchev–Trinajstić information content (AvgIpc) is 2.28. The van der Waals surface area contributed by atoms with Crippen molar-refractivity contribution in [2.75, 3.05) is 17.7 Å². The Morgan fingerprint density at radius 2 is 2.06 bits per heavy atom. The molecular formula is C12H18N2OS. The number of hydrogen-bond donors (Lipinski definition) is 2. The molecule has 1 aromatic carbocycles. The highest BCUT2D eigenvalue weighted by Gasteiger charge is 2.10. The lowest BCUT2D eigenvalue weighted by Gasteiger charge is -2.10. The first-order valence-electron chi connectivity index (χ1n) is 5.24. The van der Waals surface area contributed by atoms with Gasteiger partial charge < -0.3 is 11.1 Å². The number of nitrogens with one attached hydrogen (secondary N) is 1. The van der Waals surface area contributed by atoms with E-state index in [2.05, 4.69) is 5.32 Å². The lowest BCUT2D eigenvalue weighted by atomic mass is 10.1. The highest BCUT2D eigenvalue weighted by molar-refractivity contribution is 7.98. The molecule has 0 aliphatic heterocycles. The molecule has 1 amide bonds. The molecule has 0 saturated carbocycles. The standard InChI is InChI=1S/C12H18N2OS/c1-9(8-16-2)12(15)14-7-10-3-5-11(13)6-4-10/h3-6,9H,7-8,13H2,1-2H3,(H,14,15). The molecule has 1 unspecified atom stereocenters. The van der Waals surface area contributed by atoms with Crippen molar-refractivity contribution in [3.63, 3.8) is 0 Å². The van der Waals surface area contributed by atoms with Crippen LogP contribution in [0.15, 0.2) is 24.3 Å². The maximum atomic E-state index is 11.6. The van der Waals surface area contributed by atoms with Gasteiger partial charge in [0, 0.05) is 23.9 Å². The molecule has 0 bridgehead atoms. The largest absolute Gasteiger partial charge is 0.399 e. The van der Waals surface area contributed by atoms with E-state index in [0.717, 1.165) is 17.0 Å². The molecule has 1 atom stereocenters. The fourth-order valence-corrected chi connectivity index (χ4v) is 1.98. The van der Waals surface area contributed by atoms with Gasteiger partial charge in [0.1, 0.15) is 0 Å². The van der Waals surface area contributed by atoms with Gasteiger partial charge in [0.2, 0.25) is 5.91 Å². The van der Waals surface area contributed by atoms with Crippen LogP contribution in [0.1, 0.15) is 12.5 Å². The van der Waals surface area contributed by atoms with E-state index in [1.807, 2.05) is 37.4 Å². The zero-order chi connectivity index (χ0) is 12.0. The van der Waals surface area contributed by atoms with Gasteiger partial charge in [-0.25, -0.2) is 0 Å². The van der Waals surface area contributed by atoms with Crippen molar-refractivity contribution in [2.24, 2.45) is 5.92 Å². The Hall–Kier alpha value is -1.16. The van der Waals surface area contributed by atoms with Crippen LogP contribution in [0.25, 0.3) is 0 Å². The number of amides is 1. The molecule has 3 N–H and O–H groups in total. The molecule has 1 rings (SSSR count). The van der Waals surface area contributed by atoms with Crippen molar-refractivity contribution in [3.8, 4) is 0 Å². The maximum absolute atomic E-state index is 11.6. The molecule has 0 aliphatic carbocycles. The van der Waals surface area contributed by atoms with Crippen molar-refractivity contribution in [1.29, 1.82) is 0 Å². The lowest BCUT2D eigenvalue weighted by Crippen LogP contribution is -2.29. The van der Waals surface area contributed by atoms with Crippen LogP contribution in [0, 0.1) is 5.92 Å². The minimum Gasteiger partial charge on any atom is -0.399 e. The third kappa shape index (κ3) is 4.14. The summed E-state index contributed by atoms with van der Waals surface area (Å²) in [5.74, 6) is 1.02. The van der Waals surface area contributed by atoms with E-state index in [1.165, 1.54) is 0 Å². The summed E-state index contributed by atoms with van der Waals surface area (Å²) in [5, 5.41) is 2.91. The summed E-state index contributed by atoms with van der Waals surface area (Å²) in [6, 6.07) is 7.53. The number of hydrogen-bond acceptors (Lipinski definition) is 3. The highest BCUT2D eigenvalue weighted by Crippen LogP contribution is 2.07. The fraction of sp³-hybridized carbons (Fsp3) is 0.417. The van der Waals surface area contributed by atoms with Gasteiger partial charge in [-0.1, -0.05) is 19.1 Å². The third-order valence-corrected chi connectivity index (χ3v) is 3.14. The number of anilines is 1. The van der Waals surface area contributed by atoms with Crippen LogP contribution < -0.4 is 11.1 Å². The van der Waals surface area contributed by atoms with E-state index in [4.69, 9.17) is 5.73 Å². The Morgan fingerprint density at radius 3 is 2.62 bits per heavy atom. The monoisotopic (exact) mass is 238 g/mol. The third-order valence-electron chi connectivity index (χ3n) is 2.31. The van der Waals surface area contributed by atoms with E-state index >= 15 is 0 Å². The van der Waals surface area contributed by atoms with Crippen LogP contribution in [-0.4, -0.2) is 17.9 Å². The second kappa shape index (κ2) is 6.43. The van der Waals surface area contributed by atoms with E-state index in [1.54, 1.807) is 11.8 Å². The van der Waals surface area contributed by atoms with Gasteiger partial charge in [0.15, 0.2) is 0 Å². The first kappa shape index (κ1) is 12.9. The summed E-state index contributed by atoms with van der Waals surface area (Å²) in [6.45, 7) is 2.51. The van der Waals surface area contributed by atoms with Gasteiger partial charge in [0.25, 0.3) is 0 Å². The van der Waals surface area contributed by atoms with Crippen molar-refractivity contribution < 1.29 is 4.79 Å². The van der Waals surface area contributed by atoms with Gasteiger partial charge in [-0.05, 0) is 24.0 Å². The molecule has 0 aromatic heterocycles. The predicted molar refractivity (Wildman–Crippen MR) is 70.2 cm³/mol. The second-order valence-electron chi connectivity index (χ2n) is 3.82. The summed E-state index contributed by atoms with van der Waals surface area (Å²) >= 11 is 1.68. The van der Waals surface area contributed by atoms with Crippen LogP contribution in [0.3, 0.4) is 0 Å². The molecule has 4 heteroatoms. The normalized spacial score (nSPS) is 12.1. The van der Waals surface area contributed by atoms with Gasteiger partial charge in [0.05, 0.1) is 0 Å². The molecule has 0 spiro atoms. The Kier molecular flexibility index (Phi) is 5.19. The zero-order valence-corrected chi connectivity index (χ0v) is 10.5. The van der Waals surface area contributed by atoms with Crippen LogP contribution in [-0.2, 0) is 11.3 Å². The number of nitrogens with two attached hydrogens (primary N) is 1. The molecule has 16 heavy (non-hydrogen) atoms. The molecule has 1 aromatic rings. The second-order valence-corrected chi connectivity index (χ2v) is 4.73. The van der Waals surface area contributed by atoms with Crippen molar-refractivity contribution in [1.82, 2.24) is 5.32 Å². The summed E-state index contributed by atoms with van der Waals surface area (Å²) in [5.41, 5.74) is 7.39. The van der Waals surface area contributed by atoms with E-state index in [0.29, 0.717) is 6.54 Å². The van der Waals surface area contributed by atoms with Crippen molar-refractivity contribution in [2.45, 2.75) is 13.5 Å². The van der Waals surface area contributed by atoms with Crippen LogP contribution >= 0.6 is 11.8 Å². The van der Waals surface area contributed by atoms with E-state index in [9.17, 15) is 4.79 Å². The summed E-state index contributed by atoms with van der Waals surface area (Å²) in [6.07, 6.45) is 2.00. The summed E-state index contributed by atoms with van der Waals surface area (Å²) in [7, 11) is 0. The number of thioether (sulfide) groups is 1. The Balaban J connectivity index is 2.39. The maximum Gasteiger partial charge on any atom is 0.223 e. The van der Waals surface area contributed by atoms with Crippen LogP contribution in [0.5, 0.6) is 0 Å². The number of rotatable bonds is 5. The van der Waals surface area contributed by atoms with Gasteiger partial charge in [-0.15, -0.1) is 0 Å². The quantitative estimate of drug-likeness (QED) is 0.770. The Labute approximate surface area is 101 Å². The number of carbonyl (C=O) groups is 1. The van der Waals surface area contributed by atoms with Crippen LogP contribution in [0.4, 0.5) is 5.69 Å². The number of benzene rings is 1. The molecular weight excluding hydrogens is 220 g/mol. The molecule has 0 fully saturated rings. The van der Waals surface area contributed by atoms with Gasteiger partial charge in [-0.3, -0.25) is 4.79 Å². The van der Waals surface area contributed by atoms with E-state index < -0.39 is 0 Å². The molecule has 0 aliphatic rings. The first-order chi connectivity index (χ1) is 7.63. The number of carbonyl (C=O) groups excluding carboxylic acids is 1. The van der Waals surface area contributed by atoms with Gasteiger partial charge >= 0.3 is 0 Å². The average molecular weight is 238 g/mol. The summed E-state index contributed by atoms with van der Waals surface area (Å²) in [4.78, 5) is 11.6. The molecule has 0 radical (unpaired) electrons. The minimum absolute atomic E-state index is 0.0591. The van der Waals surface area contributed by atoms with E-state index in [-0.39, 0.29) is 11.8 Å². The first-order valence-corrected chi connectivity index (χ1v) is 6.64. The topological polar surface area (TPSA) is 55.1 Å². The van der Waals surface area contributed by atoms with Crippen molar-refractivity contribution in [3.05, 3.63) is 29.8 Å². The fourth-order valence-electron chi connectivity index (χ4n) is 1.32. The zero-order valence-electron chi connectivity index (χ0n) is 9.69.